The Balaban J connectivity index is 1.43. The fourth-order valence-corrected chi connectivity index (χ4v) is 2.73. The average molecular weight is 379 g/mol. The molecule has 0 radical (unpaired) electrons. The fraction of sp³-hybridized carbons (Fsp3) is 0.0500. The maximum atomic E-state index is 13.3. The van der Waals surface area contributed by atoms with Crippen LogP contribution in [-0.2, 0) is 6.54 Å². The molecule has 2 heterocycles. The van der Waals surface area contributed by atoms with Crippen LogP contribution in [0.25, 0.3) is 11.3 Å². The highest BCUT2D eigenvalue weighted by atomic mass is 19.1. The lowest BCUT2D eigenvalue weighted by molar-refractivity contribution is 0.102. The van der Waals surface area contributed by atoms with Crippen molar-refractivity contribution in [3.05, 3.63) is 89.8 Å². The van der Waals surface area contributed by atoms with Crippen molar-refractivity contribution in [1.82, 2.24) is 20.0 Å². The Labute approximate surface area is 158 Å². The van der Waals surface area contributed by atoms with E-state index in [4.69, 9.17) is 0 Å². The topological polar surface area (TPSA) is 75.6 Å². The van der Waals surface area contributed by atoms with Gasteiger partial charge in [-0.1, -0.05) is 12.1 Å². The monoisotopic (exact) mass is 379 g/mol. The van der Waals surface area contributed by atoms with Crippen molar-refractivity contribution >= 4 is 11.7 Å². The van der Waals surface area contributed by atoms with Crippen LogP contribution in [0.1, 0.15) is 16.1 Å². The largest absolute Gasteiger partial charge is 0.304 e. The molecule has 0 aliphatic heterocycles. The van der Waals surface area contributed by atoms with Gasteiger partial charge in [-0.25, -0.2) is 8.78 Å². The number of amides is 1. The first kappa shape index (κ1) is 17.6. The normalized spacial score (nSPS) is 10.8. The van der Waals surface area contributed by atoms with Gasteiger partial charge in [-0.2, -0.15) is 10.2 Å². The predicted molar refractivity (Wildman–Crippen MR) is 99.7 cm³/mol. The van der Waals surface area contributed by atoms with Gasteiger partial charge in [0, 0.05) is 17.8 Å². The number of aromatic amines is 1. The van der Waals surface area contributed by atoms with Gasteiger partial charge in [-0.15, -0.1) is 0 Å². The highest BCUT2D eigenvalue weighted by molar-refractivity contribution is 6.02. The molecule has 4 rings (SSSR count). The second-order valence-corrected chi connectivity index (χ2v) is 6.16. The SMILES string of the molecule is O=C(Nc1ccn(Cc2cccc(F)c2)n1)c1cc(-c2ccc(F)cc2)n[nH]1. The fourth-order valence-electron chi connectivity index (χ4n) is 2.73. The molecule has 2 aromatic carbocycles. The second-order valence-electron chi connectivity index (χ2n) is 6.16. The van der Waals surface area contributed by atoms with Crippen LogP contribution in [0.2, 0.25) is 0 Å². The van der Waals surface area contributed by atoms with E-state index in [-0.39, 0.29) is 17.3 Å². The Morgan fingerprint density at radius 3 is 2.64 bits per heavy atom. The van der Waals surface area contributed by atoms with Crippen LogP contribution in [0, 0.1) is 11.6 Å². The van der Waals surface area contributed by atoms with Crippen molar-refractivity contribution in [3.63, 3.8) is 0 Å². The number of H-pyrrole nitrogens is 1. The third-order valence-corrected chi connectivity index (χ3v) is 4.08. The van der Waals surface area contributed by atoms with Gasteiger partial charge in [0.05, 0.1) is 12.2 Å². The molecule has 0 aliphatic carbocycles. The van der Waals surface area contributed by atoms with Crippen LogP contribution in [0.15, 0.2) is 66.9 Å². The average Bonchev–Trinajstić information content (AvgIpc) is 3.32. The maximum absolute atomic E-state index is 13.3. The Morgan fingerprint density at radius 2 is 1.86 bits per heavy atom. The van der Waals surface area contributed by atoms with Crippen LogP contribution in [-0.4, -0.2) is 25.9 Å². The lowest BCUT2D eigenvalue weighted by Gasteiger charge is -2.02. The summed E-state index contributed by atoms with van der Waals surface area (Å²) in [6, 6.07) is 15.3. The molecule has 0 atom stereocenters. The van der Waals surface area contributed by atoms with Gasteiger partial charge >= 0.3 is 0 Å². The van der Waals surface area contributed by atoms with E-state index in [2.05, 4.69) is 20.6 Å². The minimum atomic E-state index is -0.406. The Hall–Kier alpha value is -3.81. The summed E-state index contributed by atoms with van der Waals surface area (Å²) in [5.74, 6) is -0.698. The molecular weight excluding hydrogens is 364 g/mol. The van der Waals surface area contributed by atoms with E-state index in [1.165, 1.54) is 24.3 Å². The van der Waals surface area contributed by atoms with E-state index in [0.29, 0.717) is 23.6 Å². The molecule has 0 saturated carbocycles. The van der Waals surface area contributed by atoms with Gasteiger partial charge in [-0.3, -0.25) is 14.6 Å². The van der Waals surface area contributed by atoms with Crippen LogP contribution in [0.4, 0.5) is 14.6 Å². The molecule has 0 bridgehead atoms. The summed E-state index contributed by atoms with van der Waals surface area (Å²) in [6.07, 6.45) is 1.69. The van der Waals surface area contributed by atoms with Gasteiger partial charge in [0.25, 0.3) is 5.91 Å². The summed E-state index contributed by atoms with van der Waals surface area (Å²) >= 11 is 0. The molecule has 28 heavy (non-hydrogen) atoms. The number of halogens is 2. The van der Waals surface area contributed by atoms with Gasteiger partial charge in [-0.05, 0) is 48.0 Å². The highest BCUT2D eigenvalue weighted by Gasteiger charge is 2.13. The number of carbonyl (C=O) groups excluding carboxylic acids is 1. The molecule has 6 nitrogen and oxygen atoms in total. The molecular formula is C20H15F2N5O. The van der Waals surface area contributed by atoms with Crippen LogP contribution in [0.3, 0.4) is 0 Å². The Morgan fingerprint density at radius 1 is 1.04 bits per heavy atom. The molecule has 0 saturated heterocycles. The maximum Gasteiger partial charge on any atom is 0.274 e. The molecule has 0 spiro atoms. The second kappa shape index (κ2) is 7.43. The zero-order valence-electron chi connectivity index (χ0n) is 14.6. The van der Waals surface area contributed by atoms with Crippen molar-refractivity contribution in [2.24, 2.45) is 0 Å². The third-order valence-electron chi connectivity index (χ3n) is 4.08. The number of nitrogens with one attached hydrogen (secondary N) is 2. The summed E-state index contributed by atoms with van der Waals surface area (Å²) in [7, 11) is 0. The Bertz CT molecular complexity index is 1120. The molecule has 2 aromatic heterocycles. The van der Waals surface area contributed by atoms with Crippen molar-refractivity contribution in [1.29, 1.82) is 0 Å². The van der Waals surface area contributed by atoms with Crippen molar-refractivity contribution in [2.75, 3.05) is 5.32 Å². The number of benzene rings is 2. The summed E-state index contributed by atoms with van der Waals surface area (Å²) in [5, 5.41) is 13.7. The number of hydrogen-bond donors (Lipinski definition) is 2. The summed E-state index contributed by atoms with van der Waals surface area (Å²) in [6.45, 7) is 0.381. The first-order chi connectivity index (χ1) is 13.6. The quantitative estimate of drug-likeness (QED) is 0.553. The predicted octanol–water partition coefficient (Wildman–Crippen LogP) is 3.85. The number of carbonyl (C=O) groups is 1. The van der Waals surface area contributed by atoms with Crippen LogP contribution >= 0.6 is 0 Å². The molecule has 0 fully saturated rings. The number of hydrogen-bond acceptors (Lipinski definition) is 3. The highest BCUT2D eigenvalue weighted by Crippen LogP contribution is 2.18. The minimum Gasteiger partial charge on any atom is -0.304 e. The lowest BCUT2D eigenvalue weighted by Crippen LogP contribution is -2.13. The van der Waals surface area contributed by atoms with E-state index < -0.39 is 5.91 Å². The van der Waals surface area contributed by atoms with Gasteiger partial charge in [0.2, 0.25) is 0 Å². The van der Waals surface area contributed by atoms with E-state index in [9.17, 15) is 13.6 Å². The zero-order valence-corrected chi connectivity index (χ0v) is 14.6. The van der Waals surface area contributed by atoms with E-state index in [0.717, 1.165) is 5.56 Å². The summed E-state index contributed by atoms with van der Waals surface area (Å²) < 4.78 is 27.9. The standard InChI is InChI=1S/C20H15F2N5O/c21-15-6-4-14(5-7-15)17-11-18(25-24-17)20(28)23-19-8-9-27(26-19)12-13-2-1-3-16(22)10-13/h1-11H,12H2,(H,24,25)(H,23,26,28). The summed E-state index contributed by atoms with van der Waals surface area (Å²) in [5.41, 5.74) is 2.23. The number of aromatic nitrogens is 4. The van der Waals surface area contributed by atoms with Crippen molar-refractivity contribution in [3.8, 4) is 11.3 Å². The Kier molecular flexibility index (Phi) is 4.67. The number of nitrogens with zero attached hydrogens (tertiary/aromatic N) is 3. The minimum absolute atomic E-state index is 0.249. The molecule has 0 unspecified atom stereocenters. The van der Waals surface area contributed by atoms with Gasteiger partial charge in [0.15, 0.2) is 5.82 Å². The molecule has 8 heteroatoms. The molecule has 1 amide bonds. The van der Waals surface area contributed by atoms with Gasteiger partial charge in [0.1, 0.15) is 17.3 Å². The van der Waals surface area contributed by atoms with E-state index in [1.807, 2.05) is 0 Å². The number of rotatable bonds is 5. The van der Waals surface area contributed by atoms with E-state index in [1.54, 1.807) is 47.3 Å². The van der Waals surface area contributed by atoms with Crippen molar-refractivity contribution in [2.45, 2.75) is 6.54 Å². The first-order valence-corrected chi connectivity index (χ1v) is 8.47. The van der Waals surface area contributed by atoms with Crippen LogP contribution < -0.4 is 5.32 Å². The lowest BCUT2D eigenvalue weighted by atomic mass is 10.1. The molecule has 4 aromatic rings. The smallest absolute Gasteiger partial charge is 0.274 e. The molecule has 2 N–H and O–H groups in total. The number of anilines is 1. The third kappa shape index (κ3) is 3.96. The van der Waals surface area contributed by atoms with Gasteiger partial charge < -0.3 is 5.32 Å². The van der Waals surface area contributed by atoms with E-state index >= 15 is 0 Å². The first-order valence-electron chi connectivity index (χ1n) is 8.47. The van der Waals surface area contributed by atoms with Crippen LogP contribution in [0.5, 0.6) is 0 Å². The summed E-state index contributed by atoms with van der Waals surface area (Å²) in [4.78, 5) is 12.4. The zero-order chi connectivity index (χ0) is 19.5. The molecule has 0 aliphatic rings. The molecule has 140 valence electrons. The van der Waals surface area contributed by atoms with Crippen molar-refractivity contribution < 1.29 is 13.6 Å².